The van der Waals surface area contributed by atoms with Gasteiger partial charge >= 0.3 is 18.1 Å². The van der Waals surface area contributed by atoms with Crippen molar-refractivity contribution in [3.8, 4) is 11.8 Å². The molecule has 0 radical (unpaired) electrons. The zero-order chi connectivity index (χ0) is 35.0. The Balaban J connectivity index is 1.80. The highest BCUT2D eigenvalue weighted by atomic mass is 19.4. The number of nitrogens with zero attached hydrogens (tertiary/aromatic N) is 2. The monoisotopic (exact) mass is 662 g/mol. The molecule has 0 aliphatic carbocycles. The zero-order valence-electron chi connectivity index (χ0n) is 25.3. The van der Waals surface area contributed by atoms with Crippen LogP contribution in [0.1, 0.15) is 45.6 Å². The van der Waals surface area contributed by atoms with Crippen LogP contribution < -0.4 is 21.3 Å². The third-order valence-electron chi connectivity index (χ3n) is 7.15. The van der Waals surface area contributed by atoms with Crippen molar-refractivity contribution >= 4 is 41.3 Å². The quantitative estimate of drug-likeness (QED) is 0.0711. The number of carbonyl (C=O) groups excluding carboxylic acids is 5. The summed E-state index contributed by atoms with van der Waals surface area (Å²) in [6.07, 6.45) is -6.36. The Hall–Kier alpha value is -6.17. The second-order valence-electron chi connectivity index (χ2n) is 10.4. The highest BCUT2D eigenvalue weighted by molar-refractivity contribution is 6.11. The SMILES string of the molecule is CN1C(=O)C(c2ccccc2)N(C(CC(=O)OC(=O)C(F)(F)F)c2ccccc2)C(=O)c2cc(C#CC(=O)NCCNC(=N)N)ccc21. The number of ether oxygens (including phenoxy) is 1. The van der Waals surface area contributed by atoms with E-state index in [0.717, 1.165) is 4.90 Å². The first-order valence-corrected chi connectivity index (χ1v) is 14.3. The van der Waals surface area contributed by atoms with Crippen LogP contribution >= 0.6 is 0 Å². The Morgan fingerprint density at radius 2 is 1.60 bits per heavy atom. The topological polar surface area (TPSA) is 175 Å². The maximum absolute atomic E-state index is 14.6. The number of hydrogen-bond donors (Lipinski definition) is 4. The number of fused-ring (bicyclic) bond motifs is 1. The number of anilines is 1. The molecular weight excluding hydrogens is 633 g/mol. The van der Waals surface area contributed by atoms with Gasteiger partial charge in [0.25, 0.3) is 17.7 Å². The van der Waals surface area contributed by atoms with Gasteiger partial charge in [-0.3, -0.25) is 24.6 Å². The summed E-state index contributed by atoms with van der Waals surface area (Å²) in [5, 5.41) is 12.2. The Bertz CT molecular complexity index is 1790. The molecular formula is C33H29F3N6O6. The fourth-order valence-electron chi connectivity index (χ4n) is 4.97. The largest absolute Gasteiger partial charge is 0.491 e. The summed E-state index contributed by atoms with van der Waals surface area (Å²) in [7, 11) is 1.44. The summed E-state index contributed by atoms with van der Waals surface area (Å²) >= 11 is 0. The molecule has 3 aromatic carbocycles. The van der Waals surface area contributed by atoms with E-state index in [0.29, 0.717) is 5.56 Å². The number of esters is 2. The van der Waals surface area contributed by atoms with E-state index in [9.17, 15) is 37.1 Å². The van der Waals surface area contributed by atoms with Crippen LogP contribution in [0.3, 0.4) is 0 Å². The van der Waals surface area contributed by atoms with Crippen LogP contribution in [0.4, 0.5) is 18.9 Å². The van der Waals surface area contributed by atoms with Gasteiger partial charge in [-0.1, -0.05) is 66.6 Å². The Morgan fingerprint density at radius 1 is 0.979 bits per heavy atom. The Kier molecular flexibility index (Phi) is 10.8. The van der Waals surface area contributed by atoms with E-state index in [1.807, 2.05) is 0 Å². The molecule has 0 aromatic heterocycles. The van der Waals surface area contributed by atoms with Crippen LogP contribution in [-0.2, 0) is 23.9 Å². The molecule has 4 rings (SSSR count). The number of nitrogens with one attached hydrogen (secondary N) is 3. The number of rotatable bonds is 8. The summed E-state index contributed by atoms with van der Waals surface area (Å²) in [6, 6.07) is 17.5. The second-order valence-corrected chi connectivity index (χ2v) is 10.4. The molecule has 1 aliphatic heterocycles. The first-order chi connectivity index (χ1) is 22.8. The van der Waals surface area contributed by atoms with Gasteiger partial charge in [-0.2, -0.15) is 13.2 Å². The van der Waals surface area contributed by atoms with Gasteiger partial charge in [0.05, 0.1) is 23.7 Å². The normalized spacial score (nSPS) is 14.9. The van der Waals surface area contributed by atoms with Crippen molar-refractivity contribution in [1.29, 1.82) is 5.41 Å². The van der Waals surface area contributed by atoms with Crippen molar-refractivity contribution < 1.29 is 41.9 Å². The molecule has 0 fully saturated rings. The molecule has 48 heavy (non-hydrogen) atoms. The van der Waals surface area contributed by atoms with Gasteiger partial charge in [0.2, 0.25) is 0 Å². The van der Waals surface area contributed by atoms with Crippen molar-refractivity contribution in [2.45, 2.75) is 24.7 Å². The van der Waals surface area contributed by atoms with Gasteiger partial charge in [0.15, 0.2) is 5.96 Å². The molecule has 0 saturated carbocycles. The van der Waals surface area contributed by atoms with Gasteiger partial charge in [0.1, 0.15) is 6.04 Å². The molecule has 0 spiro atoms. The lowest BCUT2D eigenvalue weighted by Gasteiger charge is -2.36. The van der Waals surface area contributed by atoms with Crippen LogP contribution in [0.2, 0.25) is 0 Å². The standard InChI is InChI=1S/C33H29F3N6O6/c1-41-24-14-12-20(13-15-26(43)39-16-17-40-32(37)38)18-23(24)29(45)42(28(30(41)46)22-10-6-3-7-11-22)25(21-8-4-2-5-9-21)19-27(44)48-31(47)33(34,35)36/h2-12,14,18,25,28H,16-17,19H2,1H3,(H,39,43)(H4,37,38,40). The summed E-state index contributed by atoms with van der Waals surface area (Å²) in [5.41, 5.74) is 6.14. The van der Waals surface area contributed by atoms with Crippen LogP contribution in [0.25, 0.3) is 0 Å². The van der Waals surface area contributed by atoms with E-state index < -0.39 is 54.3 Å². The summed E-state index contributed by atoms with van der Waals surface area (Å²) < 4.78 is 42.9. The summed E-state index contributed by atoms with van der Waals surface area (Å²) in [4.78, 5) is 67.7. The number of nitrogens with two attached hydrogens (primary N) is 1. The van der Waals surface area contributed by atoms with Crippen molar-refractivity contribution in [3.63, 3.8) is 0 Å². The molecule has 2 unspecified atom stereocenters. The highest BCUT2D eigenvalue weighted by Gasteiger charge is 2.46. The smallest absolute Gasteiger partial charge is 0.386 e. The van der Waals surface area contributed by atoms with E-state index in [4.69, 9.17) is 11.1 Å². The van der Waals surface area contributed by atoms with Crippen LogP contribution in [0, 0.1) is 17.3 Å². The number of hydrogen-bond acceptors (Lipinski definition) is 7. The van der Waals surface area contributed by atoms with Crippen LogP contribution in [0.5, 0.6) is 0 Å². The first kappa shape index (κ1) is 34.7. The average Bonchev–Trinajstić information content (AvgIpc) is 3.13. The number of alkyl halides is 3. The Morgan fingerprint density at radius 3 is 2.23 bits per heavy atom. The Labute approximate surface area is 272 Å². The van der Waals surface area contributed by atoms with Crippen molar-refractivity contribution in [2.24, 2.45) is 5.73 Å². The van der Waals surface area contributed by atoms with E-state index in [2.05, 4.69) is 27.2 Å². The zero-order valence-corrected chi connectivity index (χ0v) is 25.3. The summed E-state index contributed by atoms with van der Waals surface area (Å²) in [5.74, 6) is -1.55. The molecule has 15 heteroatoms. The number of benzene rings is 3. The van der Waals surface area contributed by atoms with E-state index >= 15 is 0 Å². The van der Waals surface area contributed by atoms with Crippen LogP contribution in [-0.4, -0.2) is 66.8 Å². The van der Waals surface area contributed by atoms with E-state index in [1.54, 1.807) is 48.5 Å². The minimum Gasteiger partial charge on any atom is -0.386 e. The van der Waals surface area contributed by atoms with Crippen molar-refractivity contribution in [3.05, 3.63) is 101 Å². The number of halogens is 3. The van der Waals surface area contributed by atoms with Gasteiger partial charge in [-0.15, -0.1) is 0 Å². The minimum absolute atomic E-state index is 0.0530. The third kappa shape index (κ3) is 8.35. The minimum atomic E-state index is -5.44. The molecule has 3 aromatic rings. The molecule has 1 aliphatic rings. The molecule has 12 nitrogen and oxygen atoms in total. The number of amides is 3. The van der Waals surface area contributed by atoms with E-state index in [1.165, 1.54) is 42.3 Å². The van der Waals surface area contributed by atoms with Gasteiger partial charge in [-0.05, 0) is 29.3 Å². The van der Waals surface area contributed by atoms with Crippen molar-refractivity contribution in [1.82, 2.24) is 15.5 Å². The molecule has 248 valence electrons. The molecule has 0 bridgehead atoms. The van der Waals surface area contributed by atoms with Gasteiger partial charge in [-0.25, -0.2) is 4.79 Å². The molecule has 2 atom stereocenters. The van der Waals surface area contributed by atoms with Crippen molar-refractivity contribution in [2.75, 3.05) is 25.0 Å². The summed E-state index contributed by atoms with van der Waals surface area (Å²) in [6.45, 7) is 0.311. The lowest BCUT2D eigenvalue weighted by Crippen LogP contribution is -2.44. The highest BCUT2D eigenvalue weighted by Crippen LogP contribution is 2.41. The lowest BCUT2D eigenvalue weighted by molar-refractivity contribution is -0.202. The average molecular weight is 663 g/mol. The fraction of sp³-hybridized carbons (Fsp3) is 0.212. The third-order valence-corrected chi connectivity index (χ3v) is 7.15. The van der Waals surface area contributed by atoms with Gasteiger partial charge in [0, 0.05) is 31.6 Å². The maximum Gasteiger partial charge on any atom is 0.491 e. The number of likely N-dealkylation sites (N-methyl/N-ethyl adjacent to an activating group) is 1. The first-order valence-electron chi connectivity index (χ1n) is 14.3. The van der Waals surface area contributed by atoms with Crippen LogP contribution in [0.15, 0.2) is 78.9 Å². The van der Waals surface area contributed by atoms with Gasteiger partial charge < -0.3 is 30.9 Å². The molecule has 1 heterocycles. The molecule has 5 N–H and O–H groups in total. The second kappa shape index (κ2) is 14.9. The molecule has 0 saturated heterocycles. The predicted molar refractivity (Wildman–Crippen MR) is 166 cm³/mol. The lowest BCUT2D eigenvalue weighted by atomic mass is 9.95. The number of guanidine groups is 1. The number of carbonyl (C=O) groups is 5. The maximum atomic E-state index is 14.6. The fourth-order valence-corrected chi connectivity index (χ4v) is 4.97. The van der Waals surface area contributed by atoms with E-state index in [-0.39, 0.29) is 41.4 Å². The predicted octanol–water partition coefficient (Wildman–Crippen LogP) is 2.56. The molecule has 3 amide bonds.